The van der Waals surface area contributed by atoms with Crippen molar-refractivity contribution in [3.63, 3.8) is 0 Å². The molecule has 0 aliphatic heterocycles. The molecule has 4 heteroatoms. The Bertz CT molecular complexity index is 825. The van der Waals surface area contributed by atoms with Crippen molar-refractivity contribution in [1.82, 2.24) is 4.98 Å². The van der Waals surface area contributed by atoms with Gasteiger partial charge < -0.3 is 9.80 Å². The number of nitrogens with zero attached hydrogens (tertiary/aromatic N) is 3. The molecule has 0 radical (unpaired) electrons. The monoisotopic (exact) mass is 343 g/mol. The lowest BCUT2D eigenvalue weighted by molar-refractivity contribution is 1.08. The molecule has 0 bridgehead atoms. The summed E-state index contributed by atoms with van der Waals surface area (Å²) in [5.74, 6) is 0. The van der Waals surface area contributed by atoms with Gasteiger partial charge in [0, 0.05) is 43.4 Å². The van der Waals surface area contributed by atoms with E-state index in [-0.39, 0.29) is 0 Å². The van der Waals surface area contributed by atoms with Crippen molar-refractivity contribution in [2.45, 2.75) is 0 Å². The minimum atomic E-state index is 1.01. The second kappa shape index (κ2) is 5.19. The van der Waals surface area contributed by atoms with Gasteiger partial charge in [-0.1, -0.05) is 18.2 Å². The lowest BCUT2D eigenvalue weighted by Gasteiger charge is -2.25. The van der Waals surface area contributed by atoms with Crippen LogP contribution in [-0.2, 0) is 0 Å². The number of anilines is 2. The Balaban J connectivity index is 2.48. The van der Waals surface area contributed by atoms with E-state index in [1.807, 2.05) is 6.07 Å². The van der Waals surface area contributed by atoms with Crippen molar-refractivity contribution >= 4 is 49.1 Å². The largest absolute Gasteiger partial charge is 0.375 e. The van der Waals surface area contributed by atoms with Crippen molar-refractivity contribution in [2.75, 3.05) is 38.0 Å². The molecule has 1 aromatic heterocycles. The first kappa shape index (κ1) is 14.1. The van der Waals surface area contributed by atoms with E-state index < -0.39 is 0 Å². The highest BCUT2D eigenvalue weighted by atomic mass is 79.9. The SMILES string of the molecule is CN(C)c1c(Br)cc2nc3ccccc3cc2c1N(C)C. The summed E-state index contributed by atoms with van der Waals surface area (Å²) in [7, 11) is 8.27. The van der Waals surface area contributed by atoms with Gasteiger partial charge in [-0.2, -0.15) is 0 Å². The van der Waals surface area contributed by atoms with Crippen LogP contribution in [0.2, 0.25) is 0 Å². The number of para-hydroxylation sites is 1. The lowest BCUT2D eigenvalue weighted by Crippen LogP contribution is -2.17. The van der Waals surface area contributed by atoms with Crippen LogP contribution in [0.1, 0.15) is 0 Å². The van der Waals surface area contributed by atoms with Gasteiger partial charge in [-0.25, -0.2) is 4.98 Å². The molecule has 3 rings (SSSR count). The van der Waals surface area contributed by atoms with Gasteiger partial charge in [-0.05, 0) is 34.1 Å². The van der Waals surface area contributed by atoms with E-state index in [1.54, 1.807) is 0 Å². The lowest BCUT2D eigenvalue weighted by atomic mass is 10.1. The van der Waals surface area contributed by atoms with Crippen molar-refractivity contribution < 1.29 is 0 Å². The van der Waals surface area contributed by atoms with Crippen molar-refractivity contribution in [1.29, 1.82) is 0 Å². The van der Waals surface area contributed by atoms with Crippen LogP contribution in [0.4, 0.5) is 11.4 Å². The molecule has 0 spiro atoms. The van der Waals surface area contributed by atoms with E-state index in [9.17, 15) is 0 Å². The summed E-state index contributed by atoms with van der Waals surface area (Å²) in [5, 5.41) is 2.34. The van der Waals surface area contributed by atoms with Crippen LogP contribution in [0.3, 0.4) is 0 Å². The molecule has 0 amide bonds. The number of rotatable bonds is 2. The number of fused-ring (bicyclic) bond motifs is 2. The van der Waals surface area contributed by atoms with Crippen LogP contribution in [0.5, 0.6) is 0 Å². The Hall–Kier alpha value is -1.81. The number of halogens is 1. The smallest absolute Gasteiger partial charge is 0.0750 e. The quantitative estimate of drug-likeness (QED) is 0.647. The predicted octanol–water partition coefficient (Wildman–Crippen LogP) is 4.28. The molecule has 0 atom stereocenters. The molecule has 0 saturated heterocycles. The van der Waals surface area contributed by atoms with Crippen LogP contribution in [0.15, 0.2) is 40.9 Å². The third kappa shape index (κ3) is 2.33. The fraction of sp³-hybridized carbons (Fsp3) is 0.235. The minimum absolute atomic E-state index is 1.01. The number of hydrogen-bond donors (Lipinski definition) is 0. The van der Waals surface area contributed by atoms with E-state index in [4.69, 9.17) is 4.98 Å². The summed E-state index contributed by atoms with van der Waals surface area (Å²) in [4.78, 5) is 9.09. The fourth-order valence-electron chi connectivity index (χ4n) is 2.74. The molecule has 0 fully saturated rings. The van der Waals surface area contributed by atoms with E-state index >= 15 is 0 Å². The van der Waals surface area contributed by atoms with Gasteiger partial charge in [0.15, 0.2) is 0 Å². The normalized spacial score (nSPS) is 11.1. The van der Waals surface area contributed by atoms with Gasteiger partial charge in [-0.15, -0.1) is 0 Å². The number of hydrogen-bond acceptors (Lipinski definition) is 3. The average molecular weight is 344 g/mol. The molecule has 108 valence electrons. The molecular weight excluding hydrogens is 326 g/mol. The highest BCUT2D eigenvalue weighted by molar-refractivity contribution is 9.10. The first-order valence-electron chi connectivity index (χ1n) is 6.85. The van der Waals surface area contributed by atoms with E-state index in [1.165, 1.54) is 22.1 Å². The first-order valence-corrected chi connectivity index (χ1v) is 7.65. The standard InChI is InChI=1S/C17H18BrN3/c1-20(2)16-12-9-11-7-5-6-8-14(11)19-15(12)10-13(18)17(16)21(3)4/h5-10H,1-4H3. The van der Waals surface area contributed by atoms with Crippen LogP contribution < -0.4 is 9.80 Å². The van der Waals surface area contributed by atoms with Crippen LogP contribution in [0, 0.1) is 0 Å². The Labute approximate surface area is 133 Å². The molecule has 0 aliphatic carbocycles. The summed E-state index contributed by atoms with van der Waals surface area (Å²) >= 11 is 3.69. The number of benzene rings is 2. The van der Waals surface area contributed by atoms with Gasteiger partial charge in [0.05, 0.1) is 22.4 Å². The molecule has 2 aromatic carbocycles. The third-order valence-electron chi connectivity index (χ3n) is 3.62. The maximum atomic E-state index is 4.81. The Kier molecular flexibility index (Phi) is 3.49. The second-order valence-electron chi connectivity index (χ2n) is 5.59. The maximum absolute atomic E-state index is 4.81. The summed E-state index contributed by atoms with van der Waals surface area (Å²) in [5.41, 5.74) is 4.39. The average Bonchev–Trinajstić information content (AvgIpc) is 2.43. The Morgan fingerprint density at radius 3 is 2.19 bits per heavy atom. The van der Waals surface area contributed by atoms with Crippen LogP contribution in [-0.4, -0.2) is 33.2 Å². The molecule has 0 saturated carbocycles. The molecule has 0 N–H and O–H groups in total. The van der Waals surface area contributed by atoms with Crippen LogP contribution in [0.25, 0.3) is 21.8 Å². The number of pyridine rings is 1. The topological polar surface area (TPSA) is 19.4 Å². The van der Waals surface area contributed by atoms with E-state index in [0.29, 0.717) is 0 Å². The van der Waals surface area contributed by atoms with Crippen molar-refractivity contribution in [3.8, 4) is 0 Å². The highest BCUT2D eigenvalue weighted by Gasteiger charge is 2.16. The maximum Gasteiger partial charge on any atom is 0.0750 e. The highest BCUT2D eigenvalue weighted by Crippen LogP contribution is 2.41. The van der Waals surface area contributed by atoms with Crippen molar-refractivity contribution in [2.24, 2.45) is 0 Å². The zero-order valence-corrected chi connectivity index (χ0v) is 14.3. The summed E-state index contributed by atoms with van der Waals surface area (Å²) < 4.78 is 1.06. The third-order valence-corrected chi connectivity index (χ3v) is 4.22. The molecule has 0 aliphatic rings. The molecule has 0 unspecified atom stereocenters. The molecule has 3 aromatic rings. The molecule has 3 nitrogen and oxygen atoms in total. The molecular formula is C17H18BrN3. The fourth-order valence-corrected chi connectivity index (χ4v) is 3.50. The zero-order chi connectivity index (χ0) is 15.1. The number of aromatic nitrogens is 1. The Morgan fingerprint density at radius 2 is 1.52 bits per heavy atom. The predicted molar refractivity (Wildman–Crippen MR) is 95.6 cm³/mol. The minimum Gasteiger partial charge on any atom is -0.375 e. The first-order chi connectivity index (χ1) is 9.99. The van der Waals surface area contributed by atoms with Gasteiger partial charge in [-0.3, -0.25) is 0 Å². The van der Waals surface area contributed by atoms with E-state index in [2.05, 4.69) is 84.3 Å². The zero-order valence-electron chi connectivity index (χ0n) is 12.7. The van der Waals surface area contributed by atoms with Crippen molar-refractivity contribution in [3.05, 3.63) is 40.9 Å². The summed E-state index contributed by atoms with van der Waals surface area (Å²) in [6.07, 6.45) is 0. The summed E-state index contributed by atoms with van der Waals surface area (Å²) in [6, 6.07) is 12.6. The van der Waals surface area contributed by atoms with Gasteiger partial charge in [0.25, 0.3) is 0 Å². The Morgan fingerprint density at radius 1 is 0.857 bits per heavy atom. The second-order valence-corrected chi connectivity index (χ2v) is 6.45. The van der Waals surface area contributed by atoms with E-state index in [0.717, 1.165) is 15.5 Å². The van der Waals surface area contributed by atoms with Crippen LogP contribution >= 0.6 is 15.9 Å². The molecule has 21 heavy (non-hydrogen) atoms. The summed E-state index contributed by atoms with van der Waals surface area (Å²) in [6.45, 7) is 0. The van der Waals surface area contributed by atoms with Gasteiger partial charge in [0.1, 0.15) is 0 Å². The molecule has 1 heterocycles. The van der Waals surface area contributed by atoms with Gasteiger partial charge >= 0.3 is 0 Å². The van der Waals surface area contributed by atoms with Gasteiger partial charge in [0.2, 0.25) is 0 Å².